The largest absolute Gasteiger partial charge is 0.357 e. The van der Waals surface area contributed by atoms with E-state index in [-0.39, 0.29) is 24.0 Å². The Balaban J connectivity index is 0.00000312. The molecule has 0 aromatic carbocycles. The van der Waals surface area contributed by atoms with E-state index in [4.69, 9.17) is 4.99 Å². The molecule has 0 saturated heterocycles. The zero-order valence-corrected chi connectivity index (χ0v) is 18.5. The molecule has 140 valence electrons. The number of aryl methyl sites for hydroxylation is 2. The maximum absolute atomic E-state index is 4.73. The molecule has 1 atom stereocenters. The van der Waals surface area contributed by atoms with E-state index < -0.39 is 0 Å². The Morgan fingerprint density at radius 1 is 1.40 bits per heavy atom. The predicted molar refractivity (Wildman–Crippen MR) is 118 cm³/mol. The minimum atomic E-state index is 0. The first-order chi connectivity index (χ1) is 11.7. The fraction of sp³-hybridized carbons (Fsp3) is 0.556. The number of hydrogen-bond acceptors (Lipinski definition) is 3. The van der Waals surface area contributed by atoms with Crippen molar-refractivity contribution in [3.05, 3.63) is 40.3 Å². The number of aliphatic imine (C=N–C) groups is 1. The Hall–Kier alpha value is -1.09. The molecule has 0 saturated carbocycles. The highest BCUT2D eigenvalue weighted by atomic mass is 127. The van der Waals surface area contributed by atoms with Crippen LogP contribution in [-0.2, 0) is 19.9 Å². The standard InChI is InChI=1S/C18H29N5S.HI/c1-4-19-18(20-9-5-7-16-13-22-23(3)14-16)21-12-15(2)11-17-8-6-10-24-17;/h6,8,10,13-15H,4-5,7,9,11-12H2,1-3H3,(H2,19,20,21);1H. The van der Waals surface area contributed by atoms with E-state index in [0.29, 0.717) is 5.92 Å². The average molecular weight is 475 g/mol. The Kier molecular flexibility index (Phi) is 10.8. The first-order valence-electron chi connectivity index (χ1n) is 8.69. The van der Waals surface area contributed by atoms with Crippen LogP contribution in [0.1, 0.15) is 30.7 Å². The van der Waals surface area contributed by atoms with Gasteiger partial charge in [-0.25, -0.2) is 0 Å². The van der Waals surface area contributed by atoms with Gasteiger partial charge in [-0.2, -0.15) is 5.10 Å². The van der Waals surface area contributed by atoms with Crippen molar-refractivity contribution in [2.45, 2.75) is 33.1 Å². The van der Waals surface area contributed by atoms with Gasteiger partial charge in [-0.1, -0.05) is 13.0 Å². The molecule has 5 nitrogen and oxygen atoms in total. The Morgan fingerprint density at radius 2 is 2.24 bits per heavy atom. The summed E-state index contributed by atoms with van der Waals surface area (Å²) in [6.45, 7) is 7.00. The van der Waals surface area contributed by atoms with Crippen LogP contribution in [-0.4, -0.2) is 35.4 Å². The molecule has 2 aromatic rings. The van der Waals surface area contributed by atoms with Gasteiger partial charge in [0.15, 0.2) is 5.96 Å². The van der Waals surface area contributed by atoms with Crippen molar-refractivity contribution in [1.82, 2.24) is 20.4 Å². The van der Waals surface area contributed by atoms with Gasteiger partial charge in [0.1, 0.15) is 0 Å². The monoisotopic (exact) mass is 475 g/mol. The fourth-order valence-corrected chi connectivity index (χ4v) is 3.40. The summed E-state index contributed by atoms with van der Waals surface area (Å²) in [6.07, 6.45) is 7.22. The van der Waals surface area contributed by atoms with Gasteiger partial charge in [0, 0.05) is 37.8 Å². The van der Waals surface area contributed by atoms with Crippen LogP contribution in [0.3, 0.4) is 0 Å². The van der Waals surface area contributed by atoms with Crippen LogP contribution in [0.15, 0.2) is 34.9 Å². The second-order valence-corrected chi connectivity index (χ2v) is 7.19. The summed E-state index contributed by atoms with van der Waals surface area (Å²) in [6, 6.07) is 4.32. The summed E-state index contributed by atoms with van der Waals surface area (Å²) < 4.78 is 1.85. The van der Waals surface area contributed by atoms with Crippen molar-refractivity contribution < 1.29 is 0 Å². The number of thiophene rings is 1. The van der Waals surface area contributed by atoms with E-state index in [1.807, 2.05) is 29.3 Å². The lowest BCUT2D eigenvalue weighted by Crippen LogP contribution is -2.38. The molecule has 1 unspecified atom stereocenters. The van der Waals surface area contributed by atoms with Crippen molar-refractivity contribution in [2.24, 2.45) is 18.0 Å². The van der Waals surface area contributed by atoms with Gasteiger partial charge in [-0.15, -0.1) is 35.3 Å². The zero-order chi connectivity index (χ0) is 17.2. The van der Waals surface area contributed by atoms with Crippen molar-refractivity contribution in [1.29, 1.82) is 0 Å². The molecule has 0 bridgehead atoms. The lowest BCUT2D eigenvalue weighted by atomic mass is 10.1. The number of halogens is 1. The molecule has 0 amide bonds. The molecule has 0 spiro atoms. The summed E-state index contributed by atoms with van der Waals surface area (Å²) >= 11 is 1.83. The molecule has 0 aliphatic rings. The van der Waals surface area contributed by atoms with Crippen molar-refractivity contribution in [3.8, 4) is 0 Å². The third kappa shape index (κ3) is 8.71. The van der Waals surface area contributed by atoms with Crippen LogP contribution in [0.25, 0.3) is 0 Å². The maximum atomic E-state index is 4.73. The molecule has 0 aliphatic heterocycles. The van der Waals surface area contributed by atoms with Crippen LogP contribution in [0.4, 0.5) is 0 Å². The minimum Gasteiger partial charge on any atom is -0.357 e. The highest BCUT2D eigenvalue weighted by molar-refractivity contribution is 14.0. The van der Waals surface area contributed by atoms with Crippen molar-refractivity contribution in [2.75, 3.05) is 19.6 Å². The summed E-state index contributed by atoms with van der Waals surface area (Å²) in [4.78, 5) is 6.16. The number of aromatic nitrogens is 2. The highest BCUT2D eigenvalue weighted by Crippen LogP contribution is 2.14. The lowest BCUT2D eigenvalue weighted by Gasteiger charge is -2.13. The molecular formula is C18H30IN5S. The molecule has 7 heteroatoms. The lowest BCUT2D eigenvalue weighted by molar-refractivity contribution is 0.594. The van der Waals surface area contributed by atoms with Crippen LogP contribution >= 0.6 is 35.3 Å². The number of nitrogens with one attached hydrogen (secondary N) is 2. The Labute approximate surface area is 172 Å². The third-order valence-electron chi connectivity index (χ3n) is 3.73. The van der Waals surface area contributed by atoms with E-state index >= 15 is 0 Å². The van der Waals surface area contributed by atoms with Crippen LogP contribution in [0, 0.1) is 5.92 Å². The third-order valence-corrected chi connectivity index (χ3v) is 4.63. The van der Waals surface area contributed by atoms with Crippen LogP contribution in [0.2, 0.25) is 0 Å². The normalized spacial score (nSPS) is 12.5. The van der Waals surface area contributed by atoms with Crippen LogP contribution in [0.5, 0.6) is 0 Å². The smallest absolute Gasteiger partial charge is 0.191 e. The maximum Gasteiger partial charge on any atom is 0.191 e. The molecule has 2 rings (SSSR count). The first-order valence-corrected chi connectivity index (χ1v) is 9.57. The molecule has 0 aliphatic carbocycles. The number of hydrogen-bond donors (Lipinski definition) is 2. The van der Waals surface area contributed by atoms with E-state index in [1.165, 1.54) is 10.4 Å². The fourth-order valence-electron chi connectivity index (χ4n) is 2.53. The number of guanidine groups is 1. The molecule has 2 aromatic heterocycles. The predicted octanol–water partition coefficient (Wildman–Crippen LogP) is 3.47. The molecule has 0 fully saturated rings. The van der Waals surface area contributed by atoms with E-state index in [9.17, 15) is 0 Å². The van der Waals surface area contributed by atoms with E-state index in [1.54, 1.807) is 0 Å². The molecular weight excluding hydrogens is 445 g/mol. The van der Waals surface area contributed by atoms with E-state index in [2.05, 4.69) is 53.3 Å². The Bertz CT molecular complexity index is 609. The van der Waals surface area contributed by atoms with Gasteiger partial charge in [0.2, 0.25) is 0 Å². The van der Waals surface area contributed by atoms with Crippen LogP contribution < -0.4 is 10.6 Å². The van der Waals surface area contributed by atoms with Gasteiger partial charge in [0.25, 0.3) is 0 Å². The highest BCUT2D eigenvalue weighted by Gasteiger charge is 2.05. The van der Waals surface area contributed by atoms with Crippen molar-refractivity contribution >= 4 is 41.3 Å². The van der Waals surface area contributed by atoms with Gasteiger partial charge in [-0.05, 0) is 49.1 Å². The summed E-state index contributed by atoms with van der Waals surface area (Å²) in [5, 5.41) is 13.1. The van der Waals surface area contributed by atoms with Crippen molar-refractivity contribution in [3.63, 3.8) is 0 Å². The molecule has 25 heavy (non-hydrogen) atoms. The number of rotatable bonds is 9. The summed E-state index contributed by atoms with van der Waals surface area (Å²) in [5.74, 6) is 1.47. The van der Waals surface area contributed by atoms with Gasteiger partial charge >= 0.3 is 0 Å². The molecule has 0 radical (unpaired) electrons. The zero-order valence-electron chi connectivity index (χ0n) is 15.4. The van der Waals surface area contributed by atoms with E-state index in [0.717, 1.165) is 44.9 Å². The minimum absolute atomic E-state index is 0. The average Bonchev–Trinajstić information content (AvgIpc) is 3.20. The molecule has 2 N–H and O–H groups in total. The van der Waals surface area contributed by atoms with Gasteiger partial charge < -0.3 is 10.6 Å². The summed E-state index contributed by atoms with van der Waals surface area (Å²) in [7, 11) is 1.95. The SMILES string of the molecule is CCNC(=NCC(C)Cc1cccs1)NCCCc1cnn(C)c1.I. The van der Waals surface area contributed by atoms with Gasteiger partial charge in [-0.3, -0.25) is 9.67 Å². The second kappa shape index (κ2) is 12.3. The summed E-state index contributed by atoms with van der Waals surface area (Å²) in [5.41, 5.74) is 1.28. The first kappa shape index (κ1) is 22.0. The Morgan fingerprint density at radius 3 is 2.88 bits per heavy atom. The quantitative estimate of drug-likeness (QED) is 0.253. The number of nitrogens with zero attached hydrogens (tertiary/aromatic N) is 3. The van der Waals surface area contributed by atoms with Gasteiger partial charge in [0.05, 0.1) is 6.20 Å². The topological polar surface area (TPSA) is 54.2 Å². The molecule has 2 heterocycles. The second-order valence-electron chi connectivity index (χ2n) is 6.16.